The summed E-state index contributed by atoms with van der Waals surface area (Å²) < 4.78 is 2.34. The normalized spacial score (nSPS) is 15.7. The van der Waals surface area contributed by atoms with E-state index in [0.717, 1.165) is 33.3 Å². The van der Waals surface area contributed by atoms with Crippen molar-refractivity contribution in [3.05, 3.63) is 112 Å². The Balaban J connectivity index is 1.55. The Kier molecular flexibility index (Phi) is 3.85. The number of hydrogen-bond donors (Lipinski definition) is 0. The zero-order valence-corrected chi connectivity index (χ0v) is 23.3. The summed E-state index contributed by atoms with van der Waals surface area (Å²) in [4.78, 5) is 0. The standard InChI is InChI=1S/C38H25N3/c1-37(2)26-14-7-5-10-22(26)30-20(18-39)16-28-32(34(30)37)24-12-9-13-25-33-29(41(28)36(24)25)17-21(19-40)31-23-11-6-8-15-27(23)38(3,4)35(31)33/h5-17H,1-4H3. The summed E-state index contributed by atoms with van der Waals surface area (Å²) in [5.41, 5.74) is 13.6. The largest absolute Gasteiger partial charge is 0.308 e. The van der Waals surface area contributed by atoms with Crippen LogP contribution < -0.4 is 0 Å². The molecule has 0 spiro atoms. The van der Waals surface area contributed by atoms with Gasteiger partial charge in [0.1, 0.15) is 0 Å². The molecule has 0 amide bonds. The van der Waals surface area contributed by atoms with Crippen molar-refractivity contribution in [1.29, 1.82) is 10.5 Å². The van der Waals surface area contributed by atoms with Gasteiger partial charge in [-0.05, 0) is 45.5 Å². The first-order chi connectivity index (χ1) is 19.8. The first kappa shape index (κ1) is 22.7. The lowest BCUT2D eigenvalue weighted by Gasteiger charge is -2.23. The zero-order valence-electron chi connectivity index (χ0n) is 23.3. The lowest BCUT2D eigenvalue weighted by atomic mass is 9.79. The number of hydrogen-bond acceptors (Lipinski definition) is 2. The average molecular weight is 524 g/mol. The van der Waals surface area contributed by atoms with Crippen LogP contribution in [0, 0.1) is 22.7 Å². The van der Waals surface area contributed by atoms with E-state index in [1.165, 1.54) is 49.3 Å². The molecule has 0 fully saturated rings. The third kappa shape index (κ3) is 2.34. The molecule has 5 aromatic carbocycles. The van der Waals surface area contributed by atoms with Gasteiger partial charge >= 0.3 is 0 Å². The third-order valence-corrected chi connectivity index (χ3v) is 10.1. The molecule has 2 aliphatic carbocycles. The van der Waals surface area contributed by atoms with Crippen molar-refractivity contribution in [2.45, 2.75) is 38.5 Å². The van der Waals surface area contributed by atoms with Crippen LogP contribution in [0.2, 0.25) is 0 Å². The van der Waals surface area contributed by atoms with Gasteiger partial charge in [-0.3, -0.25) is 0 Å². The van der Waals surface area contributed by atoms with Crippen molar-refractivity contribution in [2.75, 3.05) is 0 Å². The highest BCUT2D eigenvalue weighted by Gasteiger charge is 2.42. The number of para-hydroxylation sites is 1. The molecular formula is C38H25N3. The fourth-order valence-corrected chi connectivity index (χ4v) is 8.54. The minimum absolute atomic E-state index is 0.256. The van der Waals surface area contributed by atoms with E-state index < -0.39 is 0 Å². The molecule has 7 aromatic rings. The Morgan fingerprint density at radius 2 is 1.02 bits per heavy atom. The number of benzene rings is 5. The number of aromatic nitrogens is 1. The Labute approximate surface area is 237 Å². The van der Waals surface area contributed by atoms with Gasteiger partial charge < -0.3 is 4.40 Å². The van der Waals surface area contributed by atoms with Crippen LogP contribution in [0.25, 0.3) is 60.3 Å². The molecule has 0 aliphatic heterocycles. The van der Waals surface area contributed by atoms with Gasteiger partial charge in [-0.15, -0.1) is 0 Å². The molecule has 3 nitrogen and oxygen atoms in total. The molecule has 0 radical (unpaired) electrons. The summed E-state index contributed by atoms with van der Waals surface area (Å²) in [6, 6.07) is 33.0. The lowest BCUT2D eigenvalue weighted by Crippen LogP contribution is -2.16. The second-order valence-electron chi connectivity index (χ2n) is 12.7. The van der Waals surface area contributed by atoms with Gasteiger partial charge in [0.2, 0.25) is 0 Å². The molecule has 3 heteroatoms. The first-order valence-electron chi connectivity index (χ1n) is 14.2. The van der Waals surface area contributed by atoms with Crippen LogP contribution in [0.3, 0.4) is 0 Å². The summed E-state index contributed by atoms with van der Waals surface area (Å²) in [6.07, 6.45) is 0. The third-order valence-electron chi connectivity index (χ3n) is 10.1. The van der Waals surface area contributed by atoms with Crippen LogP contribution in [0.4, 0.5) is 0 Å². The molecule has 2 aromatic heterocycles. The number of rotatable bonds is 0. The SMILES string of the molecule is CC1(C)c2ccccc2-c2c(C#N)cc3c(c21)c1cccc2c4c5c(c(C#N)cc4n3c12)-c1ccccc1C5(C)C. The van der Waals surface area contributed by atoms with E-state index in [1.54, 1.807) is 0 Å². The summed E-state index contributed by atoms with van der Waals surface area (Å²) in [5.74, 6) is 0. The van der Waals surface area contributed by atoms with Gasteiger partial charge in [-0.25, -0.2) is 0 Å². The van der Waals surface area contributed by atoms with Crippen LogP contribution in [0.1, 0.15) is 61.1 Å². The van der Waals surface area contributed by atoms with Crippen LogP contribution in [0.5, 0.6) is 0 Å². The van der Waals surface area contributed by atoms with E-state index in [1.807, 2.05) is 0 Å². The van der Waals surface area contributed by atoms with Gasteiger partial charge in [0.05, 0.1) is 39.8 Å². The first-order valence-corrected chi connectivity index (χ1v) is 14.2. The highest BCUT2D eigenvalue weighted by Crippen LogP contribution is 2.58. The van der Waals surface area contributed by atoms with Crippen molar-refractivity contribution in [2.24, 2.45) is 0 Å². The molecule has 0 N–H and O–H groups in total. The minimum Gasteiger partial charge on any atom is -0.308 e. The fraction of sp³-hybridized carbons (Fsp3) is 0.158. The summed E-state index contributed by atoms with van der Waals surface area (Å²) in [6.45, 7) is 9.13. The molecule has 0 saturated carbocycles. The van der Waals surface area contributed by atoms with Gasteiger partial charge in [-0.2, -0.15) is 10.5 Å². The Bertz CT molecular complexity index is 2270. The average Bonchev–Trinajstić information content (AvgIpc) is 3.64. The Morgan fingerprint density at radius 3 is 1.46 bits per heavy atom. The molecule has 0 atom stereocenters. The van der Waals surface area contributed by atoms with Crippen molar-refractivity contribution in [3.63, 3.8) is 0 Å². The molecule has 9 rings (SSSR count). The maximum absolute atomic E-state index is 10.5. The van der Waals surface area contributed by atoms with Gasteiger partial charge in [0.25, 0.3) is 0 Å². The minimum atomic E-state index is -0.256. The molecule has 192 valence electrons. The van der Waals surface area contributed by atoms with Crippen molar-refractivity contribution >= 4 is 38.1 Å². The molecule has 0 unspecified atom stereocenters. The predicted molar refractivity (Wildman–Crippen MR) is 166 cm³/mol. The lowest BCUT2D eigenvalue weighted by molar-refractivity contribution is 0.666. The van der Waals surface area contributed by atoms with Crippen LogP contribution >= 0.6 is 0 Å². The van der Waals surface area contributed by atoms with Crippen LogP contribution in [-0.2, 0) is 10.8 Å². The number of nitriles is 2. The maximum Gasteiger partial charge on any atom is 0.0999 e. The quantitative estimate of drug-likeness (QED) is 0.199. The number of nitrogens with zero attached hydrogens (tertiary/aromatic N) is 3. The van der Waals surface area contributed by atoms with E-state index in [9.17, 15) is 10.5 Å². The van der Waals surface area contributed by atoms with Crippen LogP contribution in [-0.4, -0.2) is 4.40 Å². The summed E-state index contributed by atoms with van der Waals surface area (Å²) >= 11 is 0. The monoisotopic (exact) mass is 523 g/mol. The second kappa shape index (κ2) is 6.95. The summed E-state index contributed by atoms with van der Waals surface area (Å²) in [5, 5.41) is 25.8. The fourth-order valence-electron chi connectivity index (χ4n) is 8.54. The van der Waals surface area contributed by atoms with E-state index in [2.05, 4.69) is 123 Å². The molecule has 41 heavy (non-hydrogen) atoms. The van der Waals surface area contributed by atoms with Crippen molar-refractivity contribution < 1.29 is 0 Å². The van der Waals surface area contributed by atoms with Crippen LogP contribution in [0.15, 0.2) is 78.9 Å². The second-order valence-corrected chi connectivity index (χ2v) is 12.7. The van der Waals surface area contributed by atoms with E-state index in [0.29, 0.717) is 11.1 Å². The smallest absolute Gasteiger partial charge is 0.0999 e. The predicted octanol–water partition coefficient (Wildman–Crippen LogP) is 9.19. The highest BCUT2D eigenvalue weighted by molar-refractivity contribution is 6.27. The summed E-state index contributed by atoms with van der Waals surface area (Å²) in [7, 11) is 0. The molecule has 0 saturated heterocycles. The maximum atomic E-state index is 10.5. The Hall–Kier alpha value is -5.12. The zero-order chi connectivity index (χ0) is 28.0. The highest BCUT2D eigenvalue weighted by atomic mass is 14.9. The Morgan fingerprint density at radius 1 is 0.585 bits per heavy atom. The van der Waals surface area contributed by atoms with Crippen molar-refractivity contribution in [1.82, 2.24) is 4.40 Å². The van der Waals surface area contributed by atoms with E-state index >= 15 is 0 Å². The van der Waals surface area contributed by atoms with E-state index in [-0.39, 0.29) is 10.8 Å². The molecule has 0 bridgehead atoms. The van der Waals surface area contributed by atoms with Gasteiger partial charge in [-0.1, -0.05) is 94.4 Å². The molecule has 2 heterocycles. The molecular weight excluding hydrogens is 498 g/mol. The number of fused-ring (bicyclic) bond motifs is 14. The van der Waals surface area contributed by atoms with Crippen molar-refractivity contribution in [3.8, 4) is 34.4 Å². The van der Waals surface area contributed by atoms with Gasteiger partial charge in [0.15, 0.2) is 0 Å². The topological polar surface area (TPSA) is 52.0 Å². The molecule has 2 aliphatic rings. The van der Waals surface area contributed by atoms with Gasteiger partial charge in [0, 0.05) is 43.5 Å². The van der Waals surface area contributed by atoms with E-state index in [4.69, 9.17) is 0 Å².